The number of carbonyl (C=O) groups excluding carboxylic acids is 1. The Balaban J connectivity index is 3.17. The van der Waals surface area contributed by atoms with Crippen molar-refractivity contribution in [2.75, 3.05) is 18.5 Å². The zero-order chi connectivity index (χ0) is 12.7. The van der Waals surface area contributed by atoms with Crippen LogP contribution in [0.15, 0.2) is 24.3 Å². The van der Waals surface area contributed by atoms with Crippen molar-refractivity contribution < 1.29 is 18.4 Å². The van der Waals surface area contributed by atoms with Crippen LogP contribution in [0.4, 0.5) is 5.69 Å². The average molecular weight is 257 g/mol. The minimum absolute atomic E-state index is 0.271. The molecule has 0 atom stereocenters. The second kappa shape index (κ2) is 6.55. The fourth-order valence-electron chi connectivity index (χ4n) is 1.41. The van der Waals surface area contributed by atoms with Crippen LogP contribution in [0.25, 0.3) is 0 Å². The van der Waals surface area contributed by atoms with E-state index in [1.54, 1.807) is 38.1 Å². The van der Waals surface area contributed by atoms with Crippen molar-refractivity contribution in [2.45, 2.75) is 13.8 Å². The fraction of sp³-hybridized carbons (Fsp3) is 0.364. The van der Waals surface area contributed by atoms with E-state index in [4.69, 9.17) is 9.05 Å². The number of hydrogen-bond acceptors (Lipinski definition) is 4. The summed E-state index contributed by atoms with van der Waals surface area (Å²) in [6, 6.07) is 6.72. The Morgan fingerprint density at radius 1 is 1.24 bits per heavy atom. The molecule has 17 heavy (non-hydrogen) atoms. The SMILES string of the molecule is CCOP(=O)(OCC)c1ccccc1NC=O. The summed E-state index contributed by atoms with van der Waals surface area (Å²) >= 11 is 0. The van der Waals surface area contributed by atoms with Gasteiger partial charge in [0.25, 0.3) is 0 Å². The molecule has 1 rings (SSSR count). The quantitative estimate of drug-likeness (QED) is 0.600. The standard InChI is InChI=1S/C11H16NO4P/c1-3-15-17(14,16-4-2)11-8-6-5-7-10(11)12-9-13/h5-9H,3-4H2,1-2H3,(H,12,13). The lowest BCUT2D eigenvalue weighted by Gasteiger charge is -2.19. The Hall–Kier alpha value is -1.16. The van der Waals surface area contributed by atoms with Crippen LogP contribution in [0.5, 0.6) is 0 Å². The Morgan fingerprint density at radius 2 is 1.82 bits per heavy atom. The van der Waals surface area contributed by atoms with Gasteiger partial charge in [0.15, 0.2) is 0 Å². The highest BCUT2D eigenvalue weighted by Crippen LogP contribution is 2.48. The molecule has 1 amide bonds. The molecule has 0 aromatic heterocycles. The lowest BCUT2D eigenvalue weighted by molar-refractivity contribution is -0.105. The van der Waals surface area contributed by atoms with Crippen LogP contribution in [-0.4, -0.2) is 19.6 Å². The van der Waals surface area contributed by atoms with Crippen LogP contribution in [0.2, 0.25) is 0 Å². The predicted octanol–water partition coefficient (Wildman–Crippen LogP) is 2.15. The van der Waals surface area contributed by atoms with Crippen molar-refractivity contribution in [1.82, 2.24) is 0 Å². The van der Waals surface area contributed by atoms with Crippen LogP contribution in [0.3, 0.4) is 0 Å². The van der Waals surface area contributed by atoms with Crippen molar-refractivity contribution in [2.24, 2.45) is 0 Å². The molecule has 0 spiro atoms. The number of hydrogen-bond donors (Lipinski definition) is 1. The van der Waals surface area contributed by atoms with Gasteiger partial charge in [-0.3, -0.25) is 9.36 Å². The smallest absolute Gasteiger partial charge is 0.328 e. The first-order valence-corrected chi connectivity index (χ1v) is 6.91. The average Bonchev–Trinajstić information content (AvgIpc) is 2.31. The minimum Gasteiger partial charge on any atom is -0.328 e. The maximum atomic E-state index is 12.5. The molecule has 0 radical (unpaired) electrons. The van der Waals surface area contributed by atoms with E-state index < -0.39 is 7.60 Å². The molecule has 94 valence electrons. The minimum atomic E-state index is -3.36. The Bertz CT molecular complexity index is 412. The molecule has 0 unspecified atom stereocenters. The zero-order valence-electron chi connectivity index (χ0n) is 9.88. The number of benzene rings is 1. The Kier molecular flexibility index (Phi) is 5.35. The van der Waals surface area contributed by atoms with Gasteiger partial charge in [0.2, 0.25) is 6.41 Å². The third kappa shape index (κ3) is 3.40. The molecule has 0 saturated heterocycles. The van der Waals surface area contributed by atoms with Gasteiger partial charge in [-0.05, 0) is 26.0 Å². The molecule has 0 aliphatic carbocycles. The number of anilines is 1. The number of amides is 1. The summed E-state index contributed by atoms with van der Waals surface area (Å²) < 4.78 is 23.0. The van der Waals surface area contributed by atoms with Gasteiger partial charge >= 0.3 is 7.60 Å². The Morgan fingerprint density at radius 3 is 2.35 bits per heavy atom. The third-order valence-corrected chi connectivity index (χ3v) is 4.19. The van der Waals surface area contributed by atoms with Gasteiger partial charge in [-0.15, -0.1) is 0 Å². The topological polar surface area (TPSA) is 64.6 Å². The number of para-hydroxylation sites is 1. The van der Waals surface area contributed by atoms with Crippen LogP contribution >= 0.6 is 7.60 Å². The monoisotopic (exact) mass is 257 g/mol. The van der Waals surface area contributed by atoms with Gasteiger partial charge in [0, 0.05) is 0 Å². The zero-order valence-corrected chi connectivity index (χ0v) is 10.8. The molecule has 5 nitrogen and oxygen atoms in total. The third-order valence-electron chi connectivity index (χ3n) is 2.01. The first-order chi connectivity index (χ1) is 8.18. The van der Waals surface area contributed by atoms with Gasteiger partial charge in [0.1, 0.15) is 0 Å². The molecule has 1 N–H and O–H groups in total. The molecule has 0 bridgehead atoms. The Labute approximate surface area is 101 Å². The van der Waals surface area contributed by atoms with E-state index in [2.05, 4.69) is 5.32 Å². The van der Waals surface area contributed by atoms with Gasteiger partial charge < -0.3 is 14.4 Å². The highest BCUT2D eigenvalue weighted by molar-refractivity contribution is 7.62. The summed E-state index contributed by atoms with van der Waals surface area (Å²) in [5.74, 6) is 0. The molecule has 1 aromatic rings. The van der Waals surface area contributed by atoms with Crippen molar-refractivity contribution in [3.05, 3.63) is 24.3 Å². The summed E-state index contributed by atoms with van der Waals surface area (Å²) in [6.07, 6.45) is 0.529. The van der Waals surface area contributed by atoms with Gasteiger partial charge in [-0.1, -0.05) is 12.1 Å². The maximum absolute atomic E-state index is 12.5. The normalized spacial score (nSPS) is 11.2. The summed E-state index contributed by atoms with van der Waals surface area (Å²) in [7, 11) is -3.36. The van der Waals surface area contributed by atoms with E-state index in [1.807, 2.05) is 0 Å². The van der Waals surface area contributed by atoms with Crippen molar-refractivity contribution >= 4 is 25.0 Å². The second-order valence-corrected chi connectivity index (χ2v) is 5.11. The van der Waals surface area contributed by atoms with Gasteiger partial charge in [-0.2, -0.15) is 0 Å². The van der Waals surface area contributed by atoms with Crippen molar-refractivity contribution in [1.29, 1.82) is 0 Å². The molecule has 0 fully saturated rings. The molecule has 0 aliphatic heterocycles. The largest absolute Gasteiger partial charge is 0.363 e. The first kappa shape index (κ1) is 13.9. The summed E-state index contributed by atoms with van der Waals surface area (Å²) in [5.41, 5.74) is 0.438. The first-order valence-electron chi connectivity index (χ1n) is 5.36. The van der Waals surface area contributed by atoms with E-state index in [0.29, 0.717) is 17.4 Å². The lowest BCUT2D eigenvalue weighted by Crippen LogP contribution is -2.15. The van der Waals surface area contributed by atoms with E-state index in [9.17, 15) is 9.36 Å². The number of carbonyl (C=O) groups is 1. The molecule has 1 aromatic carbocycles. The molecule has 0 heterocycles. The van der Waals surface area contributed by atoms with E-state index in [0.717, 1.165) is 0 Å². The van der Waals surface area contributed by atoms with Crippen LogP contribution in [0, 0.1) is 0 Å². The van der Waals surface area contributed by atoms with E-state index in [-0.39, 0.29) is 13.2 Å². The van der Waals surface area contributed by atoms with Crippen LogP contribution < -0.4 is 10.6 Å². The number of nitrogens with one attached hydrogen (secondary N) is 1. The molecular formula is C11H16NO4P. The highest BCUT2D eigenvalue weighted by Gasteiger charge is 2.29. The summed E-state index contributed by atoms with van der Waals surface area (Å²) in [4.78, 5) is 10.5. The predicted molar refractivity (Wildman–Crippen MR) is 66.6 cm³/mol. The van der Waals surface area contributed by atoms with Crippen LogP contribution in [-0.2, 0) is 18.4 Å². The van der Waals surface area contributed by atoms with Crippen molar-refractivity contribution in [3.8, 4) is 0 Å². The fourth-order valence-corrected chi connectivity index (χ4v) is 3.15. The van der Waals surface area contributed by atoms with E-state index in [1.165, 1.54) is 0 Å². The van der Waals surface area contributed by atoms with Crippen LogP contribution in [0.1, 0.15) is 13.8 Å². The van der Waals surface area contributed by atoms with Crippen molar-refractivity contribution in [3.63, 3.8) is 0 Å². The highest BCUT2D eigenvalue weighted by atomic mass is 31.2. The molecule has 0 aliphatic rings. The number of rotatable bonds is 7. The maximum Gasteiger partial charge on any atom is 0.363 e. The summed E-state index contributed by atoms with van der Waals surface area (Å²) in [5, 5.41) is 2.86. The molecule has 0 saturated carbocycles. The lowest BCUT2D eigenvalue weighted by atomic mass is 10.3. The van der Waals surface area contributed by atoms with Gasteiger partial charge in [-0.25, -0.2) is 0 Å². The summed E-state index contributed by atoms with van der Waals surface area (Å²) in [6.45, 7) is 4.02. The molecular weight excluding hydrogens is 241 g/mol. The molecule has 6 heteroatoms. The van der Waals surface area contributed by atoms with E-state index >= 15 is 0 Å². The second-order valence-electron chi connectivity index (χ2n) is 3.11. The van der Waals surface area contributed by atoms with Gasteiger partial charge in [0.05, 0.1) is 24.2 Å².